The van der Waals surface area contributed by atoms with Crippen LogP contribution in [0.3, 0.4) is 0 Å². The van der Waals surface area contributed by atoms with Gasteiger partial charge in [0.2, 0.25) is 5.91 Å². The Hall–Kier alpha value is -1.66. The van der Waals surface area contributed by atoms with Crippen molar-refractivity contribution in [3.63, 3.8) is 0 Å². The molecule has 0 radical (unpaired) electrons. The molecule has 3 atom stereocenters. The molecule has 0 aliphatic rings. The lowest BCUT2D eigenvalue weighted by Crippen LogP contribution is -2.46. The first-order valence-electron chi connectivity index (χ1n) is 25.1. The molecule has 0 fully saturated rings. The van der Waals surface area contributed by atoms with E-state index in [9.17, 15) is 19.8 Å². The monoisotopic (exact) mass is 804 g/mol. The molecule has 0 bridgehead atoms. The van der Waals surface area contributed by atoms with Crippen LogP contribution in [0.2, 0.25) is 0 Å². The number of hydrogen-bond donors (Lipinski definition) is 3. The summed E-state index contributed by atoms with van der Waals surface area (Å²) in [6, 6.07) is -0.697. The molecule has 0 heterocycles. The van der Waals surface area contributed by atoms with Crippen LogP contribution in [0.4, 0.5) is 0 Å². The molecule has 6 heteroatoms. The minimum atomic E-state index is -0.783. The third kappa shape index (κ3) is 40.9. The molecule has 0 spiro atoms. The van der Waals surface area contributed by atoms with Gasteiger partial charge in [0, 0.05) is 6.42 Å². The van der Waals surface area contributed by atoms with Crippen molar-refractivity contribution >= 4 is 11.9 Å². The molecule has 3 unspecified atom stereocenters. The molecule has 1 amide bonds. The molecule has 6 nitrogen and oxygen atoms in total. The van der Waals surface area contributed by atoms with Crippen molar-refractivity contribution in [1.82, 2.24) is 5.32 Å². The normalized spacial score (nSPS) is 13.4. The van der Waals surface area contributed by atoms with Gasteiger partial charge in [0.25, 0.3) is 0 Å². The number of carbonyl (C=O) groups is 2. The number of esters is 1. The highest BCUT2D eigenvalue weighted by Crippen LogP contribution is 2.18. The first-order valence-corrected chi connectivity index (χ1v) is 25.1. The lowest BCUT2D eigenvalue weighted by Gasteiger charge is -2.24. The van der Waals surface area contributed by atoms with Crippen LogP contribution in [-0.4, -0.2) is 46.9 Å². The van der Waals surface area contributed by atoms with Crippen molar-refractivity contribution in [1.29, 1.82) is 0 Å². The number of aliphatic hydroxyl groups excluding tert-OH is 2. The Labute approximate surface area is 354 Å². The molecule has 0 aromatic carbocycles. The van der Waals surface area contributed by atoms with E-state index in [0.29, 0.717) is 19.3 Å². The van der Waals surface area contributed by atoms with Crippen LogP contribution in [0.25, 0.3) is 0 Å². The minimum Gasteiger partial charge on any atom is -0.462 e. The number of carbonyl (C=O) groups excluding carboxylic acids is 2. The van der Waals surface area contributed by atoms with Gasteiger partial charge in [-0.15, -0.1) is 0 Å². The van der Waals surface area contributed by atoms with E-state index in [4.69, 9.17) is 4.74 Å². The standard InChI is InChI=1S/C51H97NO5/c1-4-7-10-13-16-19-22-24-26-29-32-35-38-41-44-51(56)57-47(42-39-36-33-30-27-21-18-15-12-9-6-3)45-50(55)52-48(46-53)49(54)43-40-37-34-31-28-25-23-20-17-14-11-8-5-2/h7,10,16,19,47-49,53-54H,4-6,8-9,11-15,17-18,20-46H2,1-3H3,(H,52,55)/b10-7+,19-16+. The summed E-state index contributed by atoms with van der Waals surface area (Å²) in [5.41, 5.74) is 0. The average molecular weight is 804 g/mol. The van der Waals surface area contributed by atoms with Crippen LogP contribution < -0.4 is 5.32 Å². The van der Waals surface area contributed by atoms with Crippen LogP contribution >= 0.6 is 0 Å². The summed E-state index contributed by atoms with van der Waals surface area (Å²) < 4.78 is 5.92. The molecule has 0 saturated carbocycles. The Morgan fingerprint density at radius 1 is 0.526 bits per heavy atom. The molecule has 0 aliphatic carbocycles. The average Bonchev–Trinajstić information content (AvgIpc) is 3.20. The van der Waals surface area contributed by atoms with Gasteiger partial charge in [-0.1, -0.05) is 225 Å². The largest absolute Gasteiger partial charge is 0.462 e. The first kappa shape index (κ1) is 55.3. The first-order chi connectivity index (χ1) is 28.0. The van der Waals surface area contributed by atoms with Gasteiger partial charge in [0.15, 0.2) is 0 Å². The number of ether oxygens (including phenoxy) is 1. The zero-order valence-corrected chi connectivity index (χ0v) is 38.2. The van der Waals surface area contributed by atoms with E-state index in [2.05, 4.69) is 50.4 Å². The molecule has 0 saturated heterocycles. The summed E-state index contributed by atoms with van der Waals surface area (Å²) in [6.45, 7) is 6.38. The van der Waals surface area contributed by atoms with Crippen LogP contribution in [0, 0.1) is 0 Å². The van der Waals surface area contributed by atoms with Crippen molar-refractivity contribution in [3.05, 3.63) is 24.3 Å². The smallest absolute Gasteiger partial charge is 0.306 e. The molecule has 57 heavy (non-hydrogen) atoms. The van der Waals surface area contributed by atoms with E-state index >= 15 is 0 Å². The van der Waals surface area contributed by atoms with Gasteiger partial charge < -0.3 is 20.3 Å². The molecule has 0 aliphatic heterocycles. The van der Waals surface area contributed by atoms with Gasteiger partial charge in [-0.2, -0.15) is 0 Å². The number of aliphatic hydroxyl groups is 2. The van der Waals surface area contributed by atoms with E-state index in [1.165, 1.54) is 154 Å². The Bertz CT molecular complexity index is 904. The summed E-state index contributed by atoms with van der Waals surface area (Å²) in [6.07, 6.45) is 50.9. The number of hydrogen-bond acceptors (Lipinski definition) is 5. The SMILES string of the molecule is CC/C=C/C/C=C/CCCCCCCCCC(=O)OC(CCCCCCCCCCCCC)CC(=O)NC(CO)C(O)CCCCCCCCCCCCCCC. The molecule has 3 N–H and O–H groups in total. The number of amides is 1. The Kier molecular flexibility index (Phi) is 44.1. The number of allylic oxidation sites excluding steroid dienone is 4. The topological polar surface area (TPSA) is 95.9 Å². The molecule has 0 aromatic rings. The quantitative estimate of drug-likeness (QED) is 0.0324. The van der Waals surface area contributed by atoms with Gasteiger partial charge in [0.1, 0.15) is 6.10 Å². The van der Waals surface area contributed by atoms with Crippen molar-refractivity contribution in [3.8, 4) is 0 Å². The summed E-state index contributed by atoms with van der Waals surface area (Å²) >= 11 is 0. The fourth-order valence-electron chi connectivity index (χ4n) is 7.76. The maximum atomic E-state index is 13.2. The Balaban J connectivity index is 4.52. The highest BCUT2D eigenvalue weighted by Gasteiger charge is 2.24. The van der Waals surface area contributed by atoms with Gasteiger partial charge >= 0.3 is 5.97 Å². The molecule has 336 valence electrons. The Morgan fingerprint density at radius 2 is 0.947 bits per heavy atom. The fourth-order valence-corrected chi connectivity index (χ4v) is 7.76. The van der Waals surface area contributed by atoms with Crippen LogP contribution in [0.5, 0.6) is 0 Å². The lowest BCUT2D eigenvalue weighted by molar-refractivity contribution is -0.151. The zero-order chi connectivity index (χ0) is 41.7. The van der Waals surface area contributed by atoms with Crippen molar-refractivity contribution in [2.45, 2.75) is 283 Å². The van der Waals surface area contributed by atoms with Crippen LogP contribution in [0.1, 0.15) is 265 Å². The summed E-state index contributed by atoms with van der Waals surface area (Å²) in [4.78, 5) is 26.1. The third-order valence-corrected chi connectivity index (χ3v) is 11.5. The fraction of sp³-hybridized carbons (Fsp3) is 0.882. The van der Waals surface area contributed by atoms with Crippen LogP contribution in [0.15, 0.2) is 24.3 Å². The van der Waals surface area contributed by atoms with E-state index in [-0.39, 0.29) is 24.9 Å². The maximum Gasteiger partial charge on any atom is 0.306 e. The van der Waals surface area contributed by atoms with E-state index in [1.54, 1.807) is 0 Å². The van der Waals surface area contributed by atoms with E-state index in [0.717, 1.165) is 64.2 Å². The predicted molar refractivity (Wildman–Crippen MR) is 246 cm³/mol. The van der Waals surface area contributed by atoms with Gasteiger partial charge in [-0.3, -0.25) is 9.59 Å². The molecule has 0 aromatic heterocycles. The van der Waals surface area contributed by atoms with Crippen molar-refractivity contribution in [2.24, 2.45) is 0 Å². The number of nitrogens with one attached hydrogen (secondary N) is 1. The second kappa shape index (κ2) is 45.4. The third-order valence-electron chi connectivity index (χ3n) is 11.5. The van der Waals surface area contributed by atoms with Crippen molar-refractivity contribution < 1.29 is 24.5 Å². The highest BCUT2D eigenvalue weighted by atomic mass is 16.5. The van der Waals surface area contributed by atoms with E-state index < -0.39 is 18.2 Å². The highest BCUT2D eigenvalue weighted by molar-refractivity contribution is 5.77. The summed E-state index contributed by atoms with van der Waals surface area (Å²) in [5.74, 6) is -0.472. The van der Waals surface area contributed by atoms with E-state index in [1.807, 2.05) is 0 Å². The molecule has 0 rings (SSSR count). The molecular formula is C51H97NO5. The van der Waals surface area contributed by atoms with Gasteiger partial charge in [0.05, 0.1) is 25.2 Å². The predicted octanol–water partition coefficient (Wildman–Crippen LogP) is 14.7. The summed E-state index contributed by atoms with van der Waals surface area (Å²) in [7, 11) is 0. The lowest BCUT2D eigenvalue weighted by atomic mass is 10.0. The second-order valence-electron chi connectivity index (χ2n) is 17.2. The van der Waals surface area contributed by atoms with Gasteiger partial charge in [-0.05, 0) is 51.4 Å². The number of unbranched alkanes of at least 4 members (excludes halogenated alkanes) is 29. The molecular weight excluding hydrogens is 707 g/mol. The summed E-state index contributed by atoms with van der Waals surface area (Å²) in [5, 5.41) is 23.7. The van der Waals surface area contributed by atoms with Crippen molar-refractivity contribution in [2.75, 3.05) is 6.61 Å². The Morgan fingerprint density at radius 3 is 1.42 bits per heavy atom. The van der Waals surface area contributed by atoms with Crippen LogP contribution in [-0.2, 0) is 14.3 Å². The number of rotatable bonds is 45. The second-order valence-corrected chi connectivity index (χ2v) is 17.2. The van der Waals surface area contributed by atoms with Gasteiger partial charge in [-0.25, -0.2) is 0 Å². The minimum absolute atomic E-state index is 0.0795. The maximum absolute atomic E-state index is 13.2. The zero-order valence-electron chi connectivity index (χ0n) is 38.2.